The van der Waals surface area contributed by atoms with Gasteiger partial charge in [0.2, 0.25) is 5.91 Å². The van der Waals surface area contributed by atoms with Crippen LogP contribution in [0.5, 0.6) is 0 Å². The predicted molar refractivity (Wildman–Crippen MR) is 84.5 cm³/mol. The van der Waals surface area contributed by atoms with Crippen molar-refractivity contribution in [1.29, 1.82) is 0 Å². The van der Waals surface area contributed by atoms with Crippen LogP contribution in [0.4, 0.5) is 5.69 Å². The fraction of sp³-hybridized carbons (Fsp3) is 0.0625. The molecule has 1 aliphatic rings. The summed E-state index contributed by atoms with van der Waals surface area (Å²) in [5, 5.41) is 2.72. The zero-order valence-electron chi connectivity index (χ0n) is 11.8. The second kappa shape index (κ2) is 5.31. The highest BCUT2D eigenvalue weighted by molar-refractivity contribution is 7.90. The van der Waals surface area contributed by atoms with Gasteiger partial charge in [-0.3, -0.25) is 9.52 Å². The number of carbonyl (C=O) groups is 1. The molecule has 0 bridgehead atoms. The van der Waals surface area contributed by atoms with Gasteiger partial charge in [0, 0.05) is 17.3 Å². The summed E-state index contributed by atoms with van der Waals surface area (Å²) in [7, 11) is -3.58. The molecule has 3 rings (SSSR count). The van der Waals surface area contributed by atoms with Crippen molar-refractivity contribution < 1.29 is 13.2 Å². The summed E-state index contributed by atoms with van der Waals surface area (Å²) in [5.41, 5.74) is 2.47. The van der Waals surface area contributed by atoms with E-state index in [1.165, 1.54) is 12.1 Å². The number of carbonyl (C=O) groups excluding carboxylic acids is 1. The fourth-order valence-corrected chi connectivity index (χ4v) is 3.61. The third-order valence-electron chi connectivity index (χ3n) is 3.27. The lowest BCUT2D eigenvalue weighted by atomic mass is 10.1. The van der Waals surface area contributed by atoms with Crippen LogP contribution in [0.2, 0.25) is 0 Å². The Morgan fingerprint density at radius 1 is 1.14 bits per heavy atom. The van der Waals surface area contributed by atoms with Crippen molar-refractivity contribution in [3.8, 4) is 0 Å². The molecule has 0 aromatic heterocycles. The second-order valence-corrected chi connectivity index (χ2v) is 6.67. The normalized spacial score (nSPS) is 16.9. The molecule has 0 radical (unpaired) electrons. The van der Waals surface area contributed by atoms with Gasteiger partial charge in [0.25, 0.3) is 10.0 Å². The first kappa shape index (κ1) is 14.3. The maximum absolute atomic E-state index is 12.1. The molecular weight excluding hydrogens is 300 g/mol. The highest BCUT2D eigenvalue weighted by Crippen LogP contribution is 2.29. The van der Waals surface area contributed by atoms with Crippen molar-refractivity contribution in [1.82, 2.24) is 4.72 Å². The minimum atomic E-state index is -3.58. The SMILES string of the molecule is Cc1cccc(NC(=O)C=C2NS(=O)(=O)c3ccccc32)c1. The summed E-state index contributed by atoms with van der Waals surface area (Å²) in [5.74, 6) is -0.389. The maximum Gasteiger partial charge on any atom is 0.262 e. The molecule has 0 unspecified atom stereocenters. The number of fused-ring (bicyclic) bond motifs is 1. The van der Waals surface area contributed by atoms with Gasteiger partial charge in [-0.1, -0.05) is 30.3 Å². The number of amides is 1. The molecule has 1 aliphatic heterocycles. The van der Waals surface area contributed by atoms with Gasteiger partial charge >= 0.3 is 0 Å². The third-order valence-corrected chi connectivity index (χ3v) is 4.70. The van der Waals surface area contributed by atoms with E-state index >= 15 is 0 Å². The average molecular weight is 314 g/mol. The Kier molecular flexibility index (Phi) is 3.46. The Hall–Kier alpha value is -2.60. The molecular formula is C16H14N2O3S. The molecule has 1 heterocycles. The minimum absolute atomic E-state index is 0.185. The summed E-state index contributed by atoms with van der Waals surface area (Å²) in [6.45, 7) is 1.93. The molecule has 22 heavy (non-hydrogen) atoms. The Morgan fingerprint density at radius 2 is 1.91 bits per heavy atom. The van der Waals surface area contributed by atoms with Gasteiger partial charge in [-0.25, -0.2) is 8.42 Å². The van der Waals surface area contributed by atoms with Gasteiger partial charge in [-0.05, 0) is 30.7 Å². The number of anilines is 1. The number of aryl methyl sites for hydroxylation is 1. The van der Waals surface area contributed by atoms with Crippen LogP contribution >= 0.6 is 0 Å². The first-order chi connectivity index (χ1) is 10.5. The largest absolute Gasteiger partial charge is 0.322 e. The smallest absolute Gasteiger partial charge is 0.262 e. The highest BCUT2D eigenvalue weighted by atomic mass is 32.2. The van der Waals surface area contributed by atoms with Gasteiger partial charge in [0.05, 0.1) is 10.6 Å². The Morgan fingerprint density at radius 3 is 2.68 bits per heavy atom. The van der Waals surface area contributed by atoms with Gasteiger partial charge in [-0.15, -0.1) is 0 Å². The van der Waals surface area contributed by atoms with Crippen LogP contribution in [0.25, 0.3) is 5.70 Å². The van der Waals surface area contributed by atoms with Crippen LogP contribution in [0.1, 0.15) is 11.1 Å². The summed E-state index contributed by atoms with van der Waals surface area (Å²) in [6, 6.07) is 13.9. The highest BCUT2D eigenvalue weighted by Gasteiger charge is 2.29. The van der Waals surface area contributed by atoms with E-state index in [1.807, 2.05) is 25.1 Å². The molecule has 0 saturated carbocycles. The Balaban J connectivity index is 1.89. The molecule has 0 spiro atoms. The minimum Gasteiger partial charge on any atom is -0.322 e. The standard InChI is InChI=1S/C16H14N2O3S/c1-11-5-4-6-12(9-11)17-16(19)10-14-13-7-2-3-8-15(13)22(20,21)18-14/h2-10,18H,1H3,(H,17,19). The molecule has 2 aromatic carbocycles. The molecule has 0 atom stereocenters. The Labute approximate surface area is 128 Å². The molecule has 112 valence electrons. The summed E-state index contributed by atoms with van der Waals surface area (Å²) in [4.78, 5) is 12.3. The van der Waals surface area contributed by atoms with Crippen LogP contribution in [0.15, 0.2) is 59.5 Å². The van der Waals surface area contributed by atoms with Crippen molar-refractivity contribution in [2.24, 2.45) is 0 Å². The van der Waals surface area contributed by atoms with Crippen molar-refractivity contribution in [3.05, 3.63) is 65.7 Å². The molecule has 6 heteroatoms. The number of rotatable bonds is 2. The lowest BCUT2D eigenvalue weighted by molar-refractivity contribution is -0.111. The van der Waals surface area contributed by atoms with Gasteiger partial charge in [0.1, 0.15) is 0 Å². The second-order valence-electron chi connectivity index (χ2n) is 5.02. The topological polar surface area (TPSA) is 75.3 Å². The van der Waals surface area contributed by atoms with Crippen LogP contribution in [-0.2, 0) is 14.8 Å². The maximum atomic E-state index is 12.1. The zero-order chi connectivity index (χ0) is 15.7. The molecule has 0 saturated heterocycles. The number of nitrogens with one attached hydrogen (secondary N) is 2. The van der Waals surface area contributed by atoms with Crippen molar-refractivity contribution in [2.75, 3.05) is 5.32 Å². The first-order valence-electron chi connectivity index (χ1n) is 6.67. The molecule has 5 nitrogen and oxygen atoms in total. The quantitative estimate of drug-likeness (QED) is 0.835. The fourth-order valence-electron chi connectivity index (χ4n) is 2.32. The average Bonchev–Trinajstić information content (AvgIpc) is 2.70. The number of sulfonamides is 1. The van der Waals surface area contributed by atoms with Crippen LogP contribution < -0.4 is 10.0 Å². The van der Waals surface area contributed by atoms with E-state index in [4.69, 9.17) is 0 Å². The monoisotopic (exact) mass is 314 g/mol. The van der Waals surface area contributed by atoms with E-state index < -0.39 is 10.0 Å². The number of hydrogen-bond acceptors (Lipinski definition) is 3. The van der Waals surface area contributed by atoms with Crippen LogP contribution in [0, 0.1) is 6.92 Å². The van der Waals surface area contributed by atoms with E-state index in [2.05, 4.69) is 10.0 Å². The third kappa shape index (κ3) is 2.73. The van der Waals surface area contributed by atoms with E-state index in [0.29, 0.717) is 11.3 Å². The van der Waals surface area contributed by atoms with E-state index in [0.717, 1.165) is 5.56 Å². The molecule has 0 aliphatic carbocycles. The van der Waals surface area contributed by atoms with Crippen molar-refractivity contribution in [3.63, 3.8) is 0 Å². The van der Waals surface area contributed by atoms with Crippen molar-refractivity contribution in [2.45, 2.75) is 11.8 Å². The van der Waals surface area contributed by atoms with Crippen molar-refractivity contribution >= 4 is 27.3 Å². The molecule has 2 aromatic rings. The summed E-state index contributed by atoms with van der Waals surface area (Å²) in [6.07, 6.45) is 1.26. The first-order valence-corrected chi connectivity index (χ1v) is 8.15. The molecule has 1 amide bonds. The number of hydrogen-bond donors (Lipinski definition) is 2. The van der Waals surface area contributed by atoms with E-state index in [9.17, 15) is 13.2 Å². The van der Waals surface area contributed by atoms with E-state index in [1.54, 1.807) is 24.3 Å². The predicted octanol–water partition coefficient (Wildman–Crippen LogP) is 2.27. The van der Waals surface area contributed by atoms with Gasteiger partial charge < -0.3 is 5.32 Å². The lowest BCUT2D eigenvalue weighted by Crippen LogP contribution is -2.16. The van der Waals surface area contributed by atoms with Gasteiger partial charge in [-0.2, -0.15) is 0 Å². The Bertz CT molecular complexity index is 886. The van der Waals surface area contributed by atoms with Gasteiger partial charge in [0.15, 0.2) is 0 Å². The number of benzene rings is 2. The van der Waals surface area contributed by atoms with Crippen LogP contribution in [0.3, 0.4) is 0 Å². The summed E-state index contributed by atoms with van der Waals surface area (Å²) >= 11 is 0. The van der Waals surface area contributed by atoms with E-state index in [-0.39, 0.29) is 16.5 Å². The zero-order valence-corrected chi connectivity index (χ0v) is 12.6. The molecule has 0 fully saturated rings. The summed E-state index contributed by atoms with van der Waals surface area (Å²) < 4.78 is 26.3. The molecule has 2 N–H and O–H groups in total. The lowest BCUT2D eigenvalue weighted by Gasteiger charge is -2.04. The van der Waals surface area contributed by atoms with Crippen LogP contribution in [-0.4, -0.2) is 14.3 Å².